The fourth-order valence-electron chi connectivity index (χ4n) is 5.06. The second-order valence-electron chi connectivity index (χ2n) is 11.7. The average Bonchev–Trinajstić information content (AvgIpc) is 2.96. The molecule has 0 saturated carbocycles. The van der Waals surface area contributed by atoms with Crippen molar-refractivity contribution < 1.29 is 20.1 Å². The maximum absolute atomic E-state index is 12.3. The molecule has 4 N–H and O–H groups in total. The van der Waals surface area contributed by atoms with Gasteiger partial charge in [0.2, 0.25) is 5.91 Å². The summed E-state index contributed by atoms with van der Waals surface area (Å²) < 4.78 is 0. The normalized spacial score (nSPS) is 14.2. The zero-order chi connectivity index (χ0) is 29.5. The summed E-state index contributed by atoms with van der Waals surface area (Å²) in [5.41, 5.74) is 0. The molecule has 5 heteroatoms. The van der Waals surface area contributed by atoms with Crippen LogP contribution in [0.2, 0.25) is 0 Å². The van der Waals surface area contributed by atoms with Gasteiger partial charge < -0.3 is 20.6 Å². The number of carbonyl (C=O) groups excluding carboxylic acids is 1. The van der Waals surface area contributed by atoms with Gasteiger partial charge in [0.25, 0.3) is 0 Å². The Morgan fingerprint density at radius 3 is 1.52 bits per heavy atom. The van der Waals surface area contributed by atoms with Crippen LogP contribution in [0.4, 0.5) is 0 Å². The molecular formula is C35H67NO4. The van der Waals surface area contributed by atoms with Crippen LogP contribution in [0.5, 0.6) is 0 Å². The van der Waals surface area contributed by atoms with E-state index in [1.807, 2.05) is 0 Å². The molecule has 3 atom stereocenters. The van der Waals surface area contributed by atoms with Gasteiger partial charge in [-0.2, -0.15) is 0 Å². The molecule has 0 aliphatic heterocycles. The Morgan fingerprint density at radius 2 is 1.02 bits per heavy atom. The summed E-state index contributed by atoms with van der Waals surface area (Å²) in [7, 11) is 0. The van der Waals surface area contributed by atoms with Gasteiger partial charge in [0.1, 0.15) is 6.10 Å². The van der Waals surface area contributed by atoms with E-state index in [1.54, 1.807) is 0 Å². The maximum atomic E-state index is 12.3. The number of allylic oxidation sites excluding steroid dienone is 4. The molecule has 40 heavy (non-hydrogen) atoms. The first-order chi connectivity index (χ1) is 19.6. The summed E-state index contributed by atoms with van der Waals surface area (Å²) in [6.07, 6.45) is 34.1. The Bertz CT molecular complexity index is 592. The van der Waals surface area contributed by atoms with Crippen LogP contribution in [0.15, 0.2) is 24.3 Å². The zero-order valence-electron chi connectivity index (χ0n) is 26.5. The average molecular weight is 566 g/mol. The molecule has 0 aromatic carbocycles. The van der Waals surface area contributed by atoms with Crippen LogP contribution in [-0.4, -0.2) is 46.1 Å². The van der Waals surface area contributed by atoms with E-state index in [0.717, 1.165) is 44.9 Å². The number of amides is 1. The van der Waals surface area contributed by atoms with Crippen LogP contribution in [0.25, 0.3) is 0 Å². The molecule has 3 unspecified atom stereocenters. The van der Waals surface area contributed by atoms with Gasteiger partial charge in [-0.15, -0.1) is 0 Å². The lowest BCUT2D eigenvalue weighted by Gasteiger charge is -2.26. The number of hydrogen-bond acceptors (Lipinski definition) is 4. The SMILES string of the molecule is CCCCCCCC/C=C/CC/C=C/CCCC(O)C(O)C(CO)NC(=O)CCCCCCCCCCCCC. The molecule has 1 amide bonds. The van der Waals surface area contributed by atoms with Crippen molar-refractivity contribution in [1.82, 2.24) is 5.32 Å². The van der Waals surface area contributed by atoms with E-state index in [4.69, 9.17) is 0 Å². The lowest BCUT2D eigenvalue weighted by molar-refractivity contribution is -0.124. The topological polar surface area (TPSA) is 89.8 Å². The van der Waals surface area contributed by atoms with Gasteiger partial charge in [-0.3, -0.25) is 4.79 Å². The first kappa shape index (κ1) is 38.8. The number of aliphatic hydroxyl groups excluding tert-OH is 3. The molecule has 236 valence electrons. The largest absolute Gasteiger partial charge is 0.394 e. The highest BCUT2D eigenvalue weighted by Crippen LogP contribution is 2.13. The van der Waals surface area contributed by atoms with E-state index in [2.05, 4.69) is 43.5 Å². The van der Waals surface area contributed by atoms with Crippen LogP contribution < -0.4 is 5.32 Å². The minimum Gasteiger partial charge on any atom is -0.394 e. The summed E-state index contributed by atoms with van der Waals surface area (Å²) in [6, 6.07) is -0.825. The monoisotopic (exact) mass is 566 g/mol. The van der Waals surface area contributed by atoms with Crippen molar-refractivity contribution in [2.75, 3.05) is 6.61 Å². The van der Waals surface area contributed by atoms with E-state index < -0.39 is 18.2 Å². The summed E-state index contributed by atoms with van der Waals surface area (Å²) in [4.78, 5) is 12.3. The Kier molecular flexibility index (Phi) is 29.9. The minimum atomic E-state index is -1.16. The van der Waals surface area contributed by atoms with Gasteiger partial charge in [0.15, 0.2) is 0 Å². The smallest absolute Gasteiger partial charge is 0.220 e. The fraction of sp³-hybridized carbons (Fsp3) is 0.857. The van der Waals surface area contributed by atoms with E-state index in [-0.39, 0.29) is 12.5 Å². The molecule has 5 nitrogen and oxygen atoms in total. The van der Waals surface area contributed by atoms with Crippen LogP contribution >= 0.6 is 0 Å². The third-order valence-corrected chi connectivity index (χ3v) is 7.79. The molecule has 0 saturated heterocycles. The molecule has 0 spiro atoms. The number of rotatable bonds is 30. The second-order valence-corrected chi connectivity index (χ2v) is 11.7. The van der Waals surface area contributed by atoms with Crippen LogP contribution in [0.3, 0.4) is 0 Å². The van der Waals surface area contributed by atoms with E-state index in [9.17, 15) is 20.1 Å². The van der Waals surface area contributed by atoms with E-state index in [0.29, 0.717) is 12.8 Å². The van der Waals surface area contributed by atoms with Crippen LogP contribution in [-0.2, 0) is 4.79 Å². The molecule has 0 aromatic rings. The number of carbonyl (C=O) groups is 1. The lowest BCUT2D eigenvalue weighted by atomic mass is 10.0. The first-order valence-corrected chi connectivity index (χ1v) is 17.1. The molecule has 0 aromatic heterocycles. The van der Waals surface area contributed by atoms with E-state index >= 15 is 0 Å². The number of unbranched alkanes of at least 4 members (excludes halogenated alkanes) is 18. The lowest BCUT2D eigenvalue weighted by Crippen LogP contribution is -2.50. The van der Waals surface area contributed by atoms with Crippen LogP contribution in [0, 0.1) is 0 Å². The van der Waals surface area contributed by atoms with Gasteiger partial charge in [-0.05, 0) is 51.4 Å². The molecule has 0 aliphatic rings. The second kappa shape index (κ2) is 30.8. The Labute approximate surface area is 248 Å². The summed E-state index contributed by atoms with van der Waals surface area (Å²) in [6.45, 7) is 4.12. The summed E-state index contributed by atoms with van der Waals surface area (Å²) >= 11 is 0. The van der Waals surface area contributed by atoms with Crippen molar-refractivity contribution in [3.63, 3.8) is 0 Å². The number of aliphatic hydroxyl groups is 3. The van der Waals surface area contributed by atoms with E-state index in [1.165, 1.54) is 96.3 Å². The highest BCUT2D eigenvalue weighted by Gasteiger charge is 2.26. The van der Waals surface area contributed by atoms with Crippen molar-refractivity contribution in [1.29, 1.82) is 0 Å². The van der Waals surface area contributed by atoms with Crippen molar-refractivity contribution in [2.45, 2.75) is 186 Å². The molecule has 0 heterocycles. The number of hydrogen-bond donors (Lipinski definition) is 4. The standard InChI is InChI=1S/C35H67NO4/c1-3-5-7-9-11-13-15-16-17-18-20-21-23-25-27-29-33(38)35(40)32(31-37)36-34(39)30-28-26-24-22-19-14-12-10-8-6-4-2/h16-17,21,23,32-33,35,37-38,40H,3-15,18-20,22,24-31H2,1-2H3,(H,36,39)/b17-16+,23-21+. The third-order valence-electron chi connectivity index (χ3n) is 7.79. The third kappa shape index (κ3) is 25.8. The predicted molar refractivity (Wildman–Crippen MR) is 171 cm³/mol. The van der Waals surface area contributed by atoms with Crippen molar-refractivity contribution >= 4 is 5.91 Å². The van der Waals surface area contributed by atoms with Crippen molar-refractivity contribution in [2.24, 2.45) is 0 Å². The highest BCUT2D eigenvalue weighted by atomic mass is 16.3. The first-order valence-electron chi connectivity index (χ1n) is 17.1. The van der Waals surface area contributed by atoms with Gasteiger partial charge >= 0.3 is 0 Å². The number of nitrogens with one attached hydrogen (secondary N) is 1. The highest BCUT2D eigenvalue weighted by molar-refractivity contribution is 5.76. The maximum Gasteiger partial charge on any atom is 0.220 e. The van der Waals surface area contributed by atoms with Gasteiger partial charge in [0.05, 0.1) is 18.8 Å². The molecule has 0 bridgehead atoms. The minimum absolute atomic E-state index is 0.162. The fourth-order valence-corrected chi connectivity index (χ4v) is 5.06. The predicted octanol–water partition coefficient (Wildman–Crippen LogP) is 8.70. The summed E-state index contributed by atoms with van der Waals surface area (Å²) in [5, 5.41) is 33.2. The summed E-state index contributed by atoms with van der Waals surface area (Å²) in [5.74, 6) is -0.162. The molecule has 0 fully saturated rings. The molecule has 0 aliphatic carbocycles. The Balaban J connectivity index is 3.80. The molecule has 0 rings (SSSR count). The van der Waals surface area contributed by atoms with Gasteiger partial charge in [-0.1, -0.05) is 134 Å². The quantitative estimate of drug-likeness (QED) is 0.0518. The van der Waals surface area contributed by atoms with Crippen molar-refractivity contribution in [3.8, 4) is 0 Å². The Morgan fingerprint density at radius 1 is 0.600 bits per heavy atom. The Hall–Kier alpha value is -1.17. The molecular weight excluding hydrogens is 498 g/mol. The molecule has 0 radical (unpaired) electrons. The zero-order valence-corrected chi connectivity index (χ0v) is 26.5. The van der Waals surface area contributed by atoms with Crippen LogP contribution in [0.1, 0.15) is 168 Å². The van der Waals surface area contributed by atoms with Crippen molar-refractivity contribution in [3.05, 3.63) is 24.3 Å². The van der Waals surface area contributed by atoms with Gasteiger partial charge in [0, 0.05) is 6.42 Å². The van der Waals surface area contributed by atoms with Gasteiger partial charge in [-0.25, -0.2) is 0 Å².